The molecule has 0 saturated heterocycles. The number of thioether (sulfide) groups is 1. The third kappa shape index (κ3) is 2.99. The highest BCUT2D eigenvalue weighted by atomic mass is 32.2. The fourth-order valence-corrected chi connectivity index (χ4v) is 2.41. The minimum atomic E-state index is 1.09. The predicted molar refractivity (Wildman–Crippen MR) is 73.1 cm³/mol. The number of benzene rings is 1. The Labute approximate surface area is 101 Å². The molecule has 0 N–H and O–H groups in total. The molecule has 0 saturated carbocycles. The largest absolute Gasteiger partial charge is 0.256 e. The molecule has 0 fully saturated rings. The smallest absolute Gasteiger partial charge is 0.0702 e. The number of hydrogen-bond donors (Lipinski definition) is 0. The Bertz CT molecular complexity index is 453. The van der Waals surface area contributed by atoms with E-state index in [1.54, 1.807) is 0 Å². The topological polar surface area (TPSA) is 12.9 Å². The number of rotatable bonds is 5. The van der Waals surface area contributed by atoms with Crippen LogP contribution in [-0.2, 0) is 6.42 Å². The summed E-state index contributed by atoms with van der Waals surface area (Å²) in [6.07, 6.45) is 4.41. The number of pyridine rings is 1. The maximum Gasteiger partial charge on any atom is 0.0702 e. The van der Waals surface area contributed by atoms with Gasteiger partial charge in [0, 0.05) is 11.6 Å². The zero-order valence-corrected chi connectivity index (χ0v) is 10.5. The summed E-state index contributed by atoms with van der Waals surface area (Å²) in [6, 6.07) is 10.6. The summed E-state index contributed by atoms with van der Waals surface area (Å²) in [5.41, 5.74) is 2.45. The van der Waals surface area contributed by atoms with E-state index in [-0.39, 0.29) is 0 Å². The number of nitrogens with zero attached hydrogens (tertiary/aromatic N) is 1. The van der Waals surface area contributed by atoms with Crippen molar-refractivity contribution in [2.45, 2.75) is 19.8 Å². The van der Waals surface area contributed by atoms with Gasteiger partial charge in [0.1, 0.15) is 0 Å². The van der Waals surface area contributed by atoms with Crippen LogP contribution >= 0.6 is 11.8 Å². The molecule has 0 radical (unpaired) electrons. The van der Waals surface area contributed by atoms with Crippen molar-refractivity contribution in [3.05, 3.63) is 42.1 Å². The van der Waals surface area contributed by atoms with Gasteiger partial charge in [0.05, 0.1) is 5.52 Å². The maximum absolute atomic E-state index is 4.47. The van der Waals surface area contributed by atoms with Crippen LogP contribution in [0.5, 0.6) is 0 Å². The van der Waals surface area contributed by atoms with Crippen LogP contribution in [0.15, 0.2) is 36.5 Å². The highest BCUT2D eigenvalue weighted by molar-refractivity contribution is 7.99. The van der Waals surface area contributed by atoms with Gasteiger partial charge in [-0.2, -0.15) is 11.8 Å². The van der Waals surface area contributed by atoms with Crippen molar-refractivity contribution in [3.63, 3.8) is 0 Å². The van der Waals surface area contributed by atoms with Gasteiger partial charge in [-0.1, -0.05) is 25.1 Å². The highest BCUT2D eigenvalue weighted by Gasteiger charge is 1.97. The molecule has 1 nitrogen and oxygen atoms in total. The molecule has 2 aromatic rings. The highest BCUT2D eigenvalue weighted by Crippen LogP contribution is 2.14. The van der Waals surface area contributed by atoms with E-state index < -0.39 is 0 Å². The minimum absolute atomic E-state index is 1.09. The molecule has 0 bridgehead atoms. The summed E-state index contributed by atoms with van der Waals surface area (Å²) < 4.78 is 0. The molecular weight excluding hydrogens is 214 g/mol. The fraction of sp³-hybridized carbons (Fsp3) is 0.357. The van der Waals surface area contributed by atoms with Crippen molar-refractivity contribution in [2.24, 2.45) is 0 Å². The lowest BCUT2D eigenvalue weighted by Gasteiger charge is -2.02. The van der Waals surface area contributed by atoms with Crippen LogP contribution < -0.4 is 0 Å². The lowest BCUT2D eigenvalue weighted by molar-refractivity contribution is 0.928. The lowest BCUT2D eigenvalue weighted by Crippen LogP contribution is -1.90. The standard InChI is InChI=1S/C14H17NS/c1-2-16-9-5-6-12-10-13-7-3-4-8-14(13)15-11-12/h3-4,7-8,10-11H,2,5-6,9H2,1H3. The second-order valence-electron chi connectivity index (χ2n) is 3.84. The van der Waals surface area contributed by atoms with Gasteiger partial charge in [0.25, 0.3) is 0 Å². The summed E-state index contributed by atoms with van der Waals surface area (Å²) in [5, 5.41) is 1.25. The zero-order chi connectivity index (χ0) is 11.2. The Morgan fingerprint density at radius 3 is 3.00 bits per heavy atom. The third-order valence-corrected chi connectivity index (χ3v) is 3.59. The fourth-order valence-electron chi connectivity index (χ4n) is 1.78. The number of fused-ring (bicyclic) bond motifs is 1. The molecule has 2 heteroatoms. The quantitative estimate of drug-likeness (QED) is 0.723. The van der Waals surface area contributed by atoms with Gasteiger partial charge in [0.15, 0.2) is 0 Å². The van der Waals surface area contributed by atoms with E-state index in [0.29, 0.717) is 0 Å². The molecule has 0 aliphatic rings. The van der Waals surface area contributed by atoms with Crippen LogP contribution in [0.2, 0.25) is 0 Å². The Hall–Kier alpha value is -1.02. The second-order valence-corrected chi connectivity index (χ2v) is 5.23. The molecule has 84 valence electrons. The van der Waals surface area contributed by atoms with Gasteiger partial charge >= 0.3 is 0 Å². The normalized spacial score (nSPS) is 10.8. The molecule has 0 aliphatic heterocycles. The SMILES string of the molecule is CCSCCCc1cnc2ccccc2c1. The first-order valence-electron chi connectivity index (χ1n) is 5.81. The monoisotopic (exact) mass is 231 g/mol. The molecule has 1 aromatic heterocycles. The molecule has 0 atom stereocenters. The van der Waals surface area contributed by atoms with Crippen LogP contribution in [0.4, 0.5) is 0 Å². The minimum Gasteiger partial charge on any atom is -0.256 e. The van der Waals surface area contributed by atoms with Crippen molar-refractivity contribution in [1.29, 1.82) is 0 Å². The van der Waals surface area contributed by atoms with Crippen molar-refractivity contribution >= 4 is 22.7 Å². The van der Waals surface area contributed by atoms with E-state index in [1.165, 1.54) is 28.9 Å². The van der Waals surface area contributed by atoms with E-state index in [4.69, 9.17) is 0 Å². The number of hydrogen-bond acceptors (Lipinski definition) is 2. The molecule has 1 heterocycles. The summed E-state index contributed by atoms with van der Waals surface area (Å²) in [6.45, 7) is 2.21. The average Bonchev–Trinajstić information content (AvgIpc) is 2.34. The molecule has 1 aromatic carbocycles. The van der Waals surface area contributed by atoms with Gasteiger partial charge in [-0.25, -0.2) is 0 Å². The third-order valence-electron chi connectivity index (χ3n) is 2.61. The Morgan fingerprint density at radius 2 is 2.12 bits per heavy atom. The summed E-state index contributed by atoms with van der Waals surface area (Å²) in [4.78, 5) is 4.47. The van der Waals surface area contributed by atoms with Crippen molar-refractivity contribution in [3.8, 4) is 0 Å². The van der Waals surface area contributed by atoms with Crippen molar-refractivity contribution in [1.82, 2.24) is 4.98 Å². The van der Waals surface area contributed by atoms with E-state index in [9.17, 15) is 0 Å². The van der Waals surface area contributed by atoms with Gasteiger partial charge in [-0.05, 0) is 42.0 Å². The van der Waals surface area contributed by atoms with Crippen LogP contribution in [0.1, 0.15) is 18.9 Å². The van der Waals surface area contributed by atoms with E-state index in [0.717, 1.165) is 11.9 Å². The first kappa shape index (κ1) is 11.5. The van der Waals surface area contributed by atoms with Crippen LogP contribution in [0.25, 0.3) is 10.9 Å². The summed E-state index contributed by atoms with van der Waals surface area (Å²) in [7, 11) is 0. The van der Waals surface area contributed by atoms with Crippen molar-refractivity contribution < 1.29 is 0 Å². The molecule has 2 rings (SSSR count). The van der Waals surface area contributed by atoms with Crippen LogP contribution in [-0.4, -0.2) is 16.5 Å². The summed E-state index contributed by atoms with van der Waals surface area (Å²) >= 11 is 2.01. The lowest BCUT2D eigenvalue weighted by atomic mass is 10.1. The summed E-state index contributed by atoms with van der Waals surface area (Å²) in [5.74, 6) is 2.47. The maximum atomic E-state index is 4.47. The zero-order valence-electron chi connectivity index (χ0n) is 9.65. The molecule has 0 unspecified atom stereocenters. The first-order chi connectivity index (χ1) is 7.90. The second kappa shape index (κ2) is 5.90. The Morgan fingerprint density at radius 1 is 1.25 bits per heavy atom. The van der Waals surface area contributed by atoms with Gasteiger partial charge < -0.3 is 0 Å². The van der Waals surface area contributed by atoms with Gasteiger partial charge in [-0.3, -0.25) is 4.98 Å². The molecule has 16 heavy (non-hydrogen) atoms. The molecular formula is C14H17NS. The predicted octanol–water partition coefficient (Wildman–Crippen LogP) is 3.92. The van der Waals surface area contributed by atoms with Crippen molar-refractivity contribution in [2.75, 3.05) is 11.5 Å². The van der Waals surface area contributed by atoms with Gasteiger partial charge in [-0.15, -0.1) is 0 Å². The Kier molecular flexibility index (Phi) is 4.23. The van der Waals surface area contributed by atoms with Crippen LogP contribution in [0.3, 0.4) is 0 Å². The van der Waals surface area contributed by atoms with E-state index in [2.05, 4.69) is 36.2 Å². The first-order valence-corrected chi connectivity index (χ1v) is 6.97. The van der Waals surface area contributed by atoms with Gasteiger partial charge in [0.2, 0.25) is 0 Å². The van der Waals surface area contributed by atoms with E-state index in [1.807, 2.05) is 24.0 Å². The number of para-hydroxylation sites is 1. The number of aryl methyl sites for hydroxylation is 1. The molecule has 0 amide bonds. The van der Waals surface area contributed by atoms with E-state index >= 15 is 0 Å². The average molecular weight is 231 g/mol. The Balaban J connectivity index is 2.02. The molecule has 0 spiro atoms. The number of aromatic nitrogens is 1. The molecule has 0 aliphatic carbocycles. The van der Waals surface area contributed by atoms with Crippen LogP contribution in [0, 0.1) is 0 Å².